The molecule has 3 atom stereocenters. The first-order chi connectivity index (χ1) is 6.49. The first kappa shape index (κ1) is 13.6. The number of amides is 1. The van der Waals surface area contributed by atoms with E-state index in [9.17, 15) is 9.00 Å². The molecule has 0 heterocycles. The van der Waals surface area contributed by atoms with E-state index in [2.05, 4.69) is 10.6 Å². The molecule has 0 fully saturated rings. The van der Waals surface area contributed by atoms with Gasteiger partial charge < -0.3 is 10.6 Å². The molecule has 0 aromatic rings. The molecule has 0 aromatic heterocycles. The topological polar surface area (TPSA) is 58.2 Å². The maximum absolute atomic E-state index is 11.1. The number of hydrogen-bond acceptors (Lipinski definition) is 3. The Morgan fingerprint density at radius 2 is 2.00 bits per heavy atom. The summed E-state index contributed by atoms with van der Waals surface area (Å²) in [5.74, 6) is -0.0183. The predicted octanol–water partition coefficient (Wildman–Crippen LogP) is -0.132. The second-order valence-electron chi connectivity index (χ2n) is 3.39. The molecule has 0 rings (SSSR count). The minimum Gasteiger partial charge on any atom is -0.358 e. The van der Waals surface area contributed by atoms with Crippen molar-refractivity contribution in [2.45, 2.75) is 31.6 Å². The number of likely N-dealkylation sites (N-methyl/N-ethyl adjacent to an activating group) is 1. The van der Waals surface area contributed by atoms with Gasteiger partial charge in [0.05, 0.1) is 6.04 Å². The Morgan fingerprint density at radius 1 is 1.43 bits per heavy atom. The van der Waals surface area contributed by atoms with E-state index < -0.39 is 10.8 Å². The molecular formula is C9H20N2O2S. The Balaban J connectivity index is 3.64. The highest BCUT2D eigenvalue weighted by Crippen LogP contribution is 1.97. The molecule has 4 nitrogen and oxygen atoms in total. The van der Waals surface area contributed by atoms with Crippen LogP contribution >= 0.6 is 0 Å². The summed E-state index contributed by atoms with van der Waals surface area (Å²) < 4.78 is 11.0. The van der Waals surface area contributed by atoms with Gasteiger partial charge in [0.25, 0.3) is 0 Å². The average Bonchev–Trinajstić information content (AvgIpc) is 2.15. The van der Waals surface area contributed by atoms with Gasteiger partial charge in [0.15, 0.2) is 0 Å². The molecule has 14 heavy (non-hydrogen) atoms. The monoisotopic (exact) mass is 220 g/mol. The second-order valence-corrected chi connectivity index (χ2v) is 5.19. The summed E-state index contributed by atoms with van der Waals surface area (Å²) in [5, 5.41) is 5.82. The Bertz CT molecular complexity index is 209. The van der Waals surface area contributed by atoms with E-state index in [0.717, 1.165) is 13.0 Å². The Labute approximate surface area is 88.3 Å². The molecule has 5 heteroatoms. The van der Waals surface area contributed by atoms with Crippen LogP contribution in [0.25, 0.3) is 0 Å². The van der Waals surface area contributed by atoms with E-state index >= 15 is 0 Å². The molecule has 0 saturated heterocycles. The van der Waals surface area contributed by atoms with E-state index in [1.807, 2.05) is 13.8 Å². The molecule has 0 saturated carbocycles. The molecule has 0 aromatic carbocycles. The summed E-state index contributed by atoms with van der Waals surface area (Å²) in [6.07, 6.45) is 2.53. The number of carbonyl (C=O) groups excluding carboxylic acids is 1. The minimum absolute atomic E-state index is 0.0183. The van der Waals surface area contributed by atoms with Crippen LogP contribution in [0.3, 0.4) is 0 Å². The van der Waals surface area contributed by atoms with Gasteiger partial charge in [-0.25, -0.2) is 0 Å². The lowest BCUT2D eigenvalue weighted by Crippen LogP contribution is -2.41. The highest BCUT2D eigenvalue weighted by atomic mass is 32.2. The molecule has 0 aliphatic rings. The van der Waals surface area contributed by atoms with Crippen LogP contribution in [-0.2, 0) is 15.6 Å². The van der Waals surface area contributed by atoms with E-state index in [1.165, 1.54) is 0 Å². The zero-order valence-corrected chi connectivity index (χ0v) is 10.1. The van der Waals surface area contributed by atoms with Crippen LogP contribution in [0.5, 0.6) is 0 Å². The first-order valence-corrected chi connectivity index (χ1v) is 6.38. The van der Waals surface area contributed by atoms with Crippen molar-refractivity contribution in [1.82, 2.24) is 10.6 Å². The van der Waals surface area contributed by atoms with Gasteiger partial charge in [0.2, 0.25) is 5.91 Å². The number of carbonyl (C=O) groups is 1. The lowest BCUT2D eigenvalue weighted by Gasteiger charge is -2.13. The molecule has 0 spiro atoms. The van der Waals surface area contributed by atoms with Crippen LogP contribution in [0.1, 0.15) is 20.3 Å². The van der Waals surface area contributed by atoms with Crippen LogP contribution in [0, 0.1) is 0 Å². The van der Waals surface area contributed by atoms with Gasteiger partial charge in [-0.1, -0.05) is 6.92 Å². The van der Waals surface area contributed by atoms with Crippen LogP contribution in [-0.4, -0.2) is 41.3 Å². The molecule has 0 bridgehead atoms. The molecule has 0 aliphatic heterocycles. The summed E-state index contributed by atoms with van der Waals surface area (Å²) in [6.45, 7) is 4.48. The van der Waals surface area contributed by atoms with Crippen LogP contribution in [0.4, 0.5) is 0 Å². The summed E-state index contributed by atoms with van der Waals surface area (Å²) in [4.78, 5) is 11.1. The third-order valence-electron chi connectivity index (χ3n) is 2.21. The molecule has 1 amide bonds. The van der Waals surface area contributed by atoms with Crippen molar-refractivity contribution in [2.75, 3.05) is 19.8 Å². The van der Waals surface area contributed by atoms with E-state index in [0.29, 0.717) is 0 Å². The predicted molar refractivity (Wildman–Crippen MR) is 59.7 cm³/mol. The largest absolute Gasteiger partial charge is 0.358 e. The van der Waals surface area contributed by atoms with Gasteiger partial charge in [-0.05, 0) is 19.9 Å². The normalized spacial score (nSPS) is 17.1. The lowest BCUT2D eigenvalue weighted by atomic mass is 10.3. The molecule has 84 valence electrons. The molecule has 0 radical (unpaired) electrons. The Morgan fingerprint density at radius 3 is 2.43 bits per heavy atom. The SMILES string of the molecule is CNC(=O)C(C)NCCC(C)S(C)=O. The van der Waals surface area contributed by atoms with E-state index in [4.69, 9.17) is 0 Å². The number of rotatable bonds is 6. The number of hydrogen-bond donors (Lipinski definition) is 2. The zero-order chi connectivity index (χ0) is 11.1. The van der Waals surface area contributed by atoms with Crippen molar-refractivity contribution in [3.05, 3.63) is 0 Å². The van der Waals surface area contributed by atoms with E-state index in [1.54, 1.807) is 13.3 Å². The lowest BCUT2D eigenvalue weighted by molar-refractivity contribution is -0.122. The molecule has 0 aliphatic carbocycles. The van der Waals surface area contributed by atoms with Crippen molar-refractivity contribution >= 4 is 16.7 Å². The summed E-state index contributed by atoms with van der Waals surface area (Å²) in [7, 11) is 0.837. The standard InChI is InChI=1S/C9H20N2O2S/c1-7(14(4)13)5-6-11-8(2)9(12)10-3/h7-8,11H,5-6H2,1-4H3,(H,10,12). The maximum Gasteiger partial charge on any atom is 0.236 e. The second kappa shape index (κ2) is 6.95. The van der Waals surface area contributed by atoms with Crippen molar-refractivity contribution < 1.29 is 9.00 Å². The van der Waals surface area contributed by atoms with Crippen molar-refractivity contribution in [3.63, 3.8) is 0 Å². The summed E-state index contributed by atoms with van der Waals surface area (Å²) in [5.41, 5.74) is 0. The third-order valence-corrected chi connectivity index (χ3v) is 3.58. The highest BCUT2D eigenvalue weighted by molar-refractivity contribution is 7.84. The fraction of sp³-hybridized carbons (Fsp3) is 0.889. The maximum atomic E-state index is 11.1. The van der Waals surface area contributed by atoms with Crippen molar-refractivity contribution in [2.24, 2.45) is 0 Å². The van der Waals surface area contributed by atoms with Crippen LogP contribution < -0.4 is 10.6 Å². The van der Waals surface area contributed by atoms with Crippen molar-refractivity contribution in [3.8, 4) is 0 Å². The van der Waals surface area contributed by atoms with Gasteiger partial charge in [-0.3, -0.25) is 9.00 Å². The van der Waals surface area contributed by atoms with E-state index in [-0.39, 0.29) is 17.2 Å². The van der Waals surface area contributed by atoms with Crippen molar-refractivity contribution in [1.29, 1.82) is 0 Å². The van der Waals surface area contributed by atoms with Gasteiger partial charge in [0.1, 0.15) is 0 Å². The highest BCUT2D eigenvalue weighted by Gasteiger charge is 2.11. The fourth-order valence-electron chi connectivity index (χ4n) is 0.978. The summed E-state index contributed by atoms with van der Waals surface area (Å²) in [6, 6.07) is -0.183. The summed E-state index contributed by atoms with van der Waals surface area (Å²) >= 11 is 0. The third kappa shape index (κ3) is 5.34. The van der Waals surface area contributed by atoms with Gasteiger partial charge >= 0.3 is 0 Å². The molecular weight excluding hydrogens is 200 g/mol. The van der Waals surface area contributed by atoms with Gasteiger partial charge in [-0.2, -0.15) is 0 Å². The van der Waals surface area contributed by atoms with Gasteiger partial charge in [0, 0.05) is 29.4 Å². The zero-order valence-electron chi connectivity index (χ0n) is 9.29. The van der Waals surface area contributed by atoms with Crippen LogP contribution in [0.2, 0.25) is 0 Å². The fourth-order valence-corrected chi connectivity index (χ4v) is 1.43. The van der Waals surface area contributed by atoms with Crippen LogP contribution in [0.15, 0.2) is 0 Å². The average molecular weight is 220 g/mol. The molecule has 3 unspecified atom stereocenters. The van der Waals surface area contributed by atoms with Gasteiger partial charge in [-0.15, -0.1) is 0 Å². The minimum atomic E-state index is -0.778. The molecule has 2 N–H and O–H groups in total. The number of nitrogens with one attached hydrogen (secondary N) is 2. The smallest absolute Gasteiger partial charge is 0.236 e. The quantitative estimate of drug-likeness (QED) is 0.655. The Hall–Kier alpha value is -0.420. The Kier molecular flexibility index (Phi) is 6.74. The first-order valence-electron chi connectivity index (χ1n) is 4.76.